The number of amides is 2. The third kappa shape index (κ3) is 5.39. The highest BCUT2D eigenvalue weighted by Crippen LogP contribution is 2.24. The Morgan fingerprint density at radius 3 is 2.67 bits per heavy atom. The van der Waals surface area contributed by atoms with Gasteiger partial charge >= 0.3 is 0 Å². The molecule has 1 aliphatic heterocycles. The van der Waals surface area contributed by atoms with Crippen LogP contribution in [-0.4, -0.2) is 40.8 Å². The zero-order chi connectivity index (χ0) is 20.8. The predicted octanol–water partition coefficient (Wildman–Crippen LogP) is 4.02. The lowest BCUT2D eigenvalue weighted by atomic mass is 9.88. The molecule has 0 atom stereocenters. The molecule has 0 radical (unpaired) electrons. The first-order chi connectivity index (χ1) is 14.7. The molecule has 160 valence electrons. The van der Waals surface area contributed by atoms with Crippen molar-refractivity contribution in [3.63, 3.8) is 0 Å². The standard InChI is InChI=1S/C23H29N3O3S/c27-22(17-5-2-1-3-6-17)25-19-9-11-26(12-10-19)23(28)18-7-4-8-21(13-18)29-14-20-15-30-16-24-20/h4,7-8,13,15-17,19H,1-3,5-6,9-12,14H2,(H,25,27). The van der Waals surface area contributed by atoms with Crippen LogP contribution in [0.5, 0.6) is 5.75 Å². The van der Waals surface area contributed by atoms with Gasteiger partial charge in [-0.1, -0.05) is 25.3 Å². The number of hydrogen-bond acceptors (Lipinski definition) is 5. The lowest BCUT2D eigenvalue weighted by Crippen LogP contribution is -2.48. The SMILES string of the molecule is O=C(NC1CCN(C(=O)c2cccc(OCc3cscn3)c2)CC1)C1CCCCC1. The van der Waals surface area contributed by atoms with E-state index in [2.05, 4.69) is 10.3 Å². The zero-order valence-corrected chi connectivity index (χ0v) is 18.0. The molecule has 1 aliphatic carbocycles. The molecule has 6 nitrogen and oxygen atoms in total. The third-order valence-corrected chi connectivity index (χ3v) is 6.69. The van der Waals surface area contributed by atoms with Crippen LogP contribution in [0.25, 0.3) is 0 Å². The fraction of sp³-hybridized carbons (Fsp3) is 0.522. The topological polar surface area (TPSA) is 71.5 Å². The Balaban J connectivity index is 1.26. The quantitative estimate of drug-likeness (QED) is 0.756. The monoisotopic (exact) mass is 427 g/mol. The summed E-state index contributed by atoms with van der Waals surface area (Å²) in [6, 6.07) is 7.51. The summed E-state index contributed by atoms with van der Waals surface area (Å²) in [7, 11) is 0. The first-order valence-electron chi connectivity index (χ1n) is 10.9. The van der Waals surface area contributed by atoms with E-state index < -0.39 is 0 Å². The van der Waals surface area contributed by atoms with Gasteiger partial charge in [0.25, 0.3) is 5.91 Å². The predicted molar refractivity (Wildman–Crippen MR) is 117 cm³/mol. The molecule has 30 heavy (non-hydrogen) atoms. The van der Waals surface area contributed by atoms with Gasteiger partial charge in [0.05, 0.1) is 11.2 Å². The maximum absolute atomic E-state index is 12.9. The van der Waals surface area contributed by atoms with Gasteiger partial charge in [-0.2, -0.15) is 0 Å². The number of piperidine rings is 1. The van der Waals surface area contributed by atoms with E-state index in [1.54, 1.807) is 11.6 Å². The number of likely N-dealkylation sites (tertiary alicyclic amines) is 1. The van der Waals surface area contributed by atoms with E-state index in [4.69, 9.17) is 4.74 Å². The molecular weight excluding hydrogens is 398 g/mol. The minimum Gasteiger partial charge on any atom is -0.487 e. The minimum atomic E-state index is 0.0196. The van der Waals surface area contributed by atoms with Gasteiger partial charge in [0.15, 0.2) is 0 Å². The van der Waals surface area contributed by atoms with Gasteiger partial charge in [-0.25, -0.2) is 4.98 Å². The average molecular weight is 428 g/mol. The highest BCUT2D eigenvalue weighted by molar-refractivity contribution is 7.07. The van der Waals surface area contributed by atoms with E-state index in [1.807, 2.05) is 28.5 Å². The molecule has 1 aromatic carbocycles. The number of thiazole rings is 1. The first-order valence-corrected chi connectivity index (χ1v) is 11.8. The fourth-order valence-electron chi connectivity index (χ4n) is 4.28. The lowest BCUT2D eigenvalue weighted by Gasteiger charge is -2.33. The van der Waals surface area contributed by atoms with Crippen molar-refractivity contribution in [1.29, 1.82) is 0 Å². The maximum Gasteiger partial charge on any atom is 0.253 e. The Morgan fingerprint density at radius 2 is 1.93 bits per heavy atom. The van der Waals surface area contributed by atoms with E-state index in [0.29, 0.717) is 31.0 Å². The molecule has 2 heterocycles. The molecule has 1 aromatic heterocycles. The zero-order valence-electron chi connectivity index (χ0n) is 17.2. The Morgan fingerprint density at radius 1 is 1.13 bits per heavy atom. The van der Waals surface area contributed by atoms with E-state index in [0.717, 1.165) is 44.2 Å². The molecule has 1 saturated carbocycles. The molecule has 4 rings (SSSR count). The van der Waals surface area contributed by atoms with Gasteiger partial charge in [0.2, 0.25) is 5.91 Å². The van der Waals surface area contributed by atoms with E-state index in [-0.39, 0.29) is 23.8 Å². The summed E-state index contributed by atoms with van der Waals surface area (Å²) < 4.78 is 5.77. The Hall–Kier alpha value is -2.41. The van der Waals surface area contributed by atoms with Gasteiger partial charge in [-0.05, 0) is 43.9 Å². The molecule has 0 bridgehead atoms. The molecular formula is C23H29N3O3S. The Labute approximate surface area is 181 Å². The van der Waals surface area contributed by atoms with E-state index >= 15 is 0 Å². The molecule has 2 amide bonds. The molecule has 2 fully saturated rings. The van der Waals surface area contributed by atoms with Crippen LogP contribution in [0.2, 0.25) is 0 Å². The summed E-state index contributed by atoms with van der Waals surface area (Å²) in [5.74, 6) is 1.09. The number of ether oxygens (including phenoxy) is 1. The Bertz CT molecular complexity index is 841. The van der Waals surface area contributed by atoms with Crippen molar-refractivity contribution in [3.8, 4) is 5.75 Å². The van der Waals surface area contributed by atoms with Crippen molar-refractivity contribution in [2.24, 2.45) is 5.92 Å². The number of benzene rings is 1. The van der Waals surface area contributed by atoms with Crippen LogP contribution in [-0.2, 0) is 11.4 Å². The molecule has 1 saturated heterocycles. The van der Waals surface area contributed by atoms with Gasteiger partial charge in [0, 0.05) is 36.0 Å². The smallest absolute Gasteiger partial charge is 0.253 e. The first kappa shape index (κ1) is 20.8. The highest BCUT2D eigenvalue weighted by atomic mass is 32.1. The van der Waals surface area contributed by atoms with Gasteiger partial charge in [-0.3, -0.25) is 9.59 Å². The Kier molecular flexibility index (Phi) is 7.00. The second-order valence-electron chi connectivity index (χ2n) is 8.21. The summed E-state index contributed by atoms with van der Waals surface area (Å²) in [4.78, 5) is 31.5. The largest absolute Gasteiger partial charge is 0.487 e. The van der Waals surface area contributed by atoms with E-state index in [9.17, 15) is 9.59 Å². The number of carbonyl (C=O) groups excluding carboxylic acids is 2. The van der Waals surface area contributed by atoms with Crippen molar-refractivity contribution < 1.29 is 14.3 Å². The fourth-order valence-corrected chi connectivity index (χ4v) is 4.82. The van der Waals surface area contributed by atoms with Gasteiger partial charge < -0.3 is 15.0 Å². The number of carbonyl (C=O) groups is 2. The third-order valence-electron chi connectivity index (χ3n) is 6.06. The molecule has 2 aromatic rings. The number of rotatable bonds is 6. The molecule has 1 N–H and O–H groups in total. The van der Waals surface area contributed by atoms with Gasteiger partial charge in [0.1, 0.15) is 12.4 Å². The maximum atomic E-state index is 12.9. The van der Waals surface area contributed by atoms with Crippen molar-refractivity contribution in [2.45, 2.75) is 57.6 Å². The molecule has 0 unspecified atom stereocenters. The van der Waals surface area contributed by atoms with Crippen molar-refractivity contribution in [2.75, 3.05) is 13.1 Å². The van der Waals surface area contributed by atoms with Crippen LogP contribution in [0, 0.1) is 5.92 Å². The van der Waals surface area contributed by atoms with Crippen LogP contribution in [0.1, 0.15) is 61.0 Å². The number of aromatic nitrogens is 1. The lowest BCUT2D eigenvalue weighted by molar-refractivity contribution is -0.126. The molecule has 7 heteroatoms. The second-order valence-corrected chi connectivity index (χ2v) is 8.92. The molecule has 2 aliphatic rings. The van der Waals surface area contributed by atoms with E-state index in [1.165, 1.54) is 17.8 Å². The highest BCUT2D eigenvalue weighted by Gasteiger charge is 2.27. The average Bonchev–Trinajstić information content (AvgIpc) is 3.32. The van der Waals surface area contributed by atoms with Crippen molar-refractivity contribution in [1.82, 2.24) is 15.2 Å². The van der Waals surface area contributed by atoms with Crippen molar-refractivity contribution in [3.05, 3.63) is 46.4 Å². The molecule has 0 spiro atoms. The summed E-state index contributed by atoms with van der Waals surface area (Å²) in [5, 5.41) is 5.18. The number of hydrogen-bond donors (Lipinski definition) is 1. The van der Waals surface area contributed by atoms with Crippen LogP contribution >= 0.6 is 11.3 Å². The number of nitrogens with one attached hydrogen (secondary N) is 1. The second kappa shape index (κ2) is 10.1. The summed E-state index contributed by atoms with van der Waals surface area (Å²) in [6.45, 7) is 1.73. The van der Waals surface area contributed by atoms with Gasteiger partial charge in [-0.15, -0.1) is 11.3 Å². The summed E-state index contributed by atoms with van der Waals surface area (Å²) in [5.41, 5.74) is 3.30. The summed E-state index contributed by atoms with van der Waals surface area (Å²) >= 11 is 1.54. The van der Waals surface area contributed by atoms with Crippen LogP contribution in [0.4, 0.5) is 0 Å². The van der Waals surface area contributed by atoms with Crippen LogP contribution in [0.15, 0.2) is 35.2 Å². The van der Waals surface area contributed by atoms with Crippen molar-refractivity contribution >= 4 is 23.2 Å². The van der Waals surface area contributed by atoms with Crippen LogP contribution < -0.4 is 10.1 Å². The van der Waals surface area contributed by atoms with Crippen LogP contribution in [0.3, 0.4) is 0 Å². The normalized spacial score (nSPS) is 18.2. The summed E-state index contributed by atoms with van der Waals surface area (Å²) in [6.07, 6.45) is 7.24. The minimum absolute atomic E-state index is 0.0196. The number of nitrogens with zero attached hydrogens (tertiary/aromatic N) is 2.